The zero-order valence-electron chi connectivity index (χ0n) is 9.25. The summed E-state index contributed by atoms with van der Waals surface area (Å²) in [5.74, 6) is -2.30. The number of aromatic carboxylic acids is 1. The summed E-state index contributed by atoms with van der Waals surface area (Å²) >= 11 is 0. The van der Waals surface area contributed by atoms with Crippen molar-refractivity contribution in [3.05, 3.63) is 17.7 Å². The Bertz CT molecular complexity index is 431. The Hall–Kier alpha value is -1.97. The summed E-state index contributed by atoms with van der Waals surface area (Å²) in [7, 11) is 0. The van der Waals surface area contributed by atoms with Crippen LogP contribution in [-0.4, -0.2) is 67.6 Å². The van der Waals surface area contributed by atoms with E-state index >= 15 is 0 Å². The van der Waals surface area contributed by atoms with Crippen LogP contribution in [0.4, 0.5) is 0 Å². The lowest BCUT2D eigenvalue weighted by Crippen LogP contribution is -2.57. The van der Waals surface area contributed by atoms with Gasteiger partial charge in [-0.05, 0) is 0 Å². The molecule has 0 fully saturated rings. The van der Waals surface area contributed by atoms with E-state index in [1.807, 2.05) is 0 Å². The molecule has 1 aromatic rings. The zero-order valence-corrected chi connectivity index (χ0v) is 9.25. The van der Waals surface area contributed by atoms with E-state index in [9.17, 15) is 9.59 Å². The van der Waals surface area contributed by atoms with Crippen molar-refractivity contribution in [3.8, 4) is 0 Å². The molecule has 1 aromatic heterocycles. The van der Waals surface area contributed by atoms with Crippen molar-refractivity contribution in [1.82, 2.24) is 15.3 Å². The fourth-order valence-corrected chi connectivity index (χ4v) is 1.20. The molecule has 6 N–H and O–H groups in total. The van der Waals surface area contributed by atoms with Gasteiger partial charge in [0.2, 0.25) is 0 Å². The highest BCUT2D eigenvalue weighted by Gasteiger charge is 2.32. The number of H-pyrrole nitrogens is 1. The summed E-state index contributed by atoms with van der Waals surface area (Å²) in [4.78, 5) is 28.3. The first kappa shape index (κ1) is 14.1. The number of carboxylic acids is 1. The summed E-state index contributed by atoms with van der Waals surface area (Å²) in [5, 5.41) is 38.0. The van der Waals surface area contributed by atoms with Gasteiger partial charge in [0.15, 0.2) is 11.4 Å². The number of aromatic nitrogens is 2. The largest absolute Gasteiger partial charge is 0.477 e. The van der Waals surface area contributed by atoms with Crippen molar-refractivity contribution < 1.29 is 30.0 Å². The van der Waals surface area contributed by atoms with Crippen LogP contribution in [0.3, 0.4) is 0 Å². The topological polar surface area (TPSA) is 156 Å². The van der Waals surface area contributed by atoms with E-state index in [4.69, 9.17) is 20.4 Å². The molecule has 0 aliphatic carbocycles. The van der Waals surface area contributed by atoms with Crippen LogP contribution in [0.2, 0.25) is 0 Å². The van der Waals surface area contributed by atoms with Gasteiger partial charge in [0.25, 0.3) is 5.91 Å². The van der Waals surface area contributed by atoms with Gasteiger partial charge < -0.3 is 30.7 Å². The fourth-order valence-electron chi connectivity index (χ4n) is 1.20. The molecule has 0 spiro atoms. The fraction of sp³-hybridized carbons (Fsp3) is 0.444. The number of hydrogen-bond acceptors (Lipinski definition) is 6. The van der Waals surface area contributed by atoms with Gasteiger partial charge in [-0.25, -0.2) is 9.78 Å². The predicted molar refractivity (Wildman–Crippen MR) is 57.0 cm³/mol. The Morgan fingerprint density at radius 3 is 2.28 bits per heavy atom. The quantitative estimate of drug-likeness (QED) is 0.331. The van der Waals surface area contributed by atoms with Crippen molar-refractivity contribution in [2.45, 2.75) is 5.54 Å². The number of aliphatic hydroxyl groups is 3. The third-order valence-corrected chi connectivity index (χ3v) is 2.35. The van der Waals surface area contributed by atoms with Gasteiger partial charge in [0.05, 0.1) is 26.1 Å². The molecule has 0 radical (unpaired) electrons. The highest BCUT2D eigenvalue weighted by Crippen LogP contribution is 2.07. The van der Waals surface area contributed by atoms with Crippen LogP contribution in [0.25, 0.3) is 0 Å². The van der Waals surface area contributed by atoms with Gasteiger partial charge in [-0.3, -0.25) is 4.79 Å². The van der Waals surface area contributed by atoms with Crippen LogP contribution >= 0.6 is 0 Å². The lowest BCUT2D eigenvalue weighted by Gasteiger charge is -2.28. The molecule has 0 aliphatic rings. The van der Waals surface area contributed by atoms with Crippen molar-refractivity contribution in [2.24, 2.45) is 0 Å². The Morgan fingerprint density at radius 2 is 1.83 bits per heavy atom. The highest BCUT2D eigenvalue weighted by atomic mass is 16.4. The maximum atomic E-state index is 11.7. The van der Waals surface area contributed by atoms with Crippen LogP contribution in [-0.2, 0) is 0 Å². The number of nitrogens with zero attached hydrogens (tertiary/aromatic N) is 1. The average molecular weight is 259 g/mol. The van der Waals surface area contributed by atoms with Gasteiger partial charge in [-0.1, -0.05) is 0 Å². The second kappa shape index (κ2) is 5.58. The van der Waals surface area contributed by atoms with Crippen molar-refractivity contribution in [3.63, 3.8) is 0 Å². The normalized spacial score (nSPS) is 11.3. The van der Waals surface area contributed by atoms with E-state index in [1.54, 1.807) is 0 Å². The number of hydrogen-bond donors (Lipinski definition) is 6. The van der Waals surface area contributed by atoms with E-state index in [2.05, 4.69) is 15.3 Å². The Labute approximate surface area is 101 Å². The summed E-state index contributed by atoms with van der Waals surface area (Å²) < 4.78 is 0. The molecule has 0 saturated carbocycles. The van der Waals surface area contributed by atoms with Crippen LogP contribution < -0.4 is 5.32 Å². The lowest BCUT2D eigenvalue weighted by atomic mass is 10.0. The molecule has 1 amide bonds. The maximum Gasteiger partial charge on any atom is 0.354 e. The monoisotopic (exact) mass is 259 g/mol. The second-order valence-corrected chi connectivity index (χ2v) is 3.64. The summed E-state index contributed by atoms with van der Waals surface area (Å²) in [6.07, 6.45) is 1.02. The minimum Gasteiger partial charge on any atom is -0.477 e. The number of nitrogens with one attached hydrogen (secondary N) is 2. The second-order valence-electron chi connectivity index (χ2n) is 3.64. The number of amides is 1. The summed E-state index contributed by atoms with van der Waals surface area (Å²) in [5.41, 5.74) is -2.45. The number of rotatable bonds is 6. The van der Waals surface area contributed by atoms with Gasteiger partial charge in [-0.15, -0.1) is 0 Å². The van der Waals surface area contributed by atoms with E-state index in [1.165, 1.54) is 0 Å². The minimum atomic E-state index is -1.63. The number of aliphatic hydroxyl groups excluding tert-OH is 3. The summed E-state index contributed by atoms with van der Waals surface area (Å²) in [6.45, 7) is -2.13. The summed E-state index contributed by atoms with van der Waals surface area (Å²) in [6, 6.07) is 0. The molecule has 0 aromatic carbocycles. The molecular formula is C9H13N3O6. The first-order valence-corrected chi connectivity index (χ1v) is 4.91. The average Bonchev–Trinajstić information content (AvgIpc) is 2.85. The molecule has 9 nitrogen and oxygen atoms in total. The molecule has 9 heteroatoms. The minimum absolute atomic E-state index is 0.401. The molecule has 1 heterocycles. The van der Waals surface area contributed by atoms with E-state index in [0.29, 0.717) is 0 Å². The van der Waals surface area contributed by atoms with Crippen LogP contribution in [0.5, 0.6) is 0 Å². The van der Waals surface area contributed by atoms with Gasteiger partial charge in [0, 0.05) is 0 Å². The first-order valence-electron chi connectivity index (χ1n) is 4.91. The molecular weight excluding hydrogens is 246 g/mol. The van der Waals surface area contributed by atoms with Crippen molar-refractivity contribution in [2.75, 3.05) is 19.8 Å². The highest BCUT2D eigenvalue weighted by molar-refractivity contribution is 6.02. The molecule has 1 rings (SSSR count). The lowest BCUT2D eigenvalue weighted by molar-refractivity contribution is 0.0372. The molecule has 100 valence electrons. The Kier molecular flexibility index (Phi) is 4.37. The molecule has 0 bridgehead atoms. The third-order valence-electron chi connectivity index (χ3n) is 2.35. The maximum absolute atomic E-state index is 11.7. The van der Waals surface area contributed by atoms with E-state index < -0.39 is 48.6 Å². The number of aromatic amines is 1. The Balaban J connectivity index is 2.94. The zero-order chi connectivity index (χ0) is 13.8. The number of imidazole rings is 1. The molecule has 0 aliphatic heterocycles. The molecule has 0 saturated heterocycles. The number of carbonyl (C=O) groups excluding carboxylic acids is 1. The number of carboxylic acid groups (broad SMARTS) is 1. The van der Waals surface area contributed by atoms with Crippen LogP contribution in [0.1, 0.15) is 21.0 Å². The smallest absolute Gasteiger partial charge is 0.354 e. The van der Waals surface area contributed by atoms with E-state index in [0.717, 1.165) is 6.33 Å². The van der Waals surface area contributed by atoms with Crippen molar-refractivity contribution >= 4 is 11.9 Å². The van der Waals surface area contributed by atoms with Crippen molar-refractivity contribution in [1.29, 1.82) is 0 Å². The van der Waals surface area contributed by atoms with Crippen LogP contribution in [0.15, 0.2) is 6.33 Å². The molecule has 0 unspecified atom stereocenters. The van der Waals surface area contributed by atoms with Gasteiger partial charge in [0.1, 0.15) is 5.54 Å². The predicted octanol–water partition coefficient (Wildman–Crippen LogP) is -2.45. The van der Waals surface area contributed by atoms with E-state index in [-0.39, 0.29) is 0 Å². The molecule has 0 atom stereocenters. The molecule has 18 heavy (non-hydrogen) atoms. The number of carbonyl (C=O) groups is 2. The third kappa shape index (κ3) is 2.64. The van der Waals surface area contributed by atoms with Crippen LogP contribution in [0, 0.1) is 0 Å². The van der Waals surface area contributed by atoms with Gasteiger partial charge >= 0.3 is 5.97 Å². The standard InChI is InChI=1S/C9H13N3O6/c13-1-9(2-14,3-15)12-7(16)5-6(8(17)18)11-4-10-5/h4,13-15H,1-3H2,(H,10,11)(H,12,16)(H,17,18). The SMILES string of the molecule is O=C(NC(CO)(CO)CO)c1nc[nH]c1C(=O)O. The Morgan fingerprint density at radius 1 is 1.28 bits per heavy atom. The first-order chi connectivity index (χ1) is 8.49. The van der Waals surface area contributed by atoms with Gasteiger partial charge in [-0.2, -0.15) is 0 Å².